The minimum Gasteiger partial charge on any atom is -0.374 e. The van der Waals surface area contributed by atoms with E-state index in [4.69, 9.17) is 10.7 Å². The van der Waals surface area contributed by atoms with Crippen molar-refractivity contribution in [1.29, 1.82) is 10.7 Å². The molecule has 0 radical (unpaired) electrons. The number of hydrogen-bond acceptors (Lipinski definition) is 7. The number of aliphatic imine (C=N–C) groups is 1. The highest BCUT2D eigenvalue weighted by Gasteiger charge is 2.46. The topological polar surface area (TPSA) is 138 Å². The number of nitriles is 1. The zero-order valence-corrected chi connectivity index (χ0v) is 17.1. The summed E-state index contributed by atoms with van der Waals surface area (Å²) >= 11 is 0. The summed E-state index contributed by atoms with van der Waals surface area (Å²) in [6, 6.07) is 1.77. The second kappa shape index (κ2) is 7.93. The summed E-state index contributed by atoms with van der Waals surface area (Å²) in [6.07, 6.45) is 4.06. The van der Waals surface area contributed by atoms with Gasteiger partial charge in [0.2, 0.25) is 0 Å². The zero-order chi connectivity index (χ0) is 23.0. The second-order valence-electron chi connectivity index (χ2n) is 6.61. The Bertz CT molecular complexity index is 1210. The number of hydrogen-bond donors (Lipinski definition) is 1. The average molecular weight is 452 g/mol. The van der Waals surface area contributed by atoms with E-state index in [-0.39, 0.29) is 23.1 Å². The number of halogens is 3. The number of likely N-dealkylation sites (N-methyl/N-ethyl adjacent to an activating group) is 1. The Morgan fingerprint density at radius 3 is 2.52 bits per heavy atom. The fraction of sp³-hybridized carbons (Fsp3) is 0.353. The molecule has 0 aromatic rings. The number of nitrogens with zero attached hydrogens (tertiary/aromatic N) is 7. The lowest BCUT2D eigenvalue weighted by molar-refractivity contribution is -0.0435. The normalized spacial score (nSPS) is 23.4. The molecule has 0 bridgehead atoms. The van der Waals surface area contributed by atoms with E-state index in [9.17, 15) is 21.6 Å². The molecule has 31 heavy (non-hydrogen) atoms. The summed E-state index contributed by atoms with van der Waals surface area (Å²) in [4.78, 5) is 6.90. The summed E-state index contributed by atoms with van der Waals surface area (Å²) in [5.41, 5.74) is -5.11. The number of sulfonamides is 1. The van der Waals surface area contributed by atoms with Crippen LogP contribution in [0.5, 0.6) is 0 Å². The zero-order valence-electron chi connectivity index (χ0n) is 16.3. The molecule has 1 aliphatic carbocycles. The van der Waals surface area contributed by atoms with Crippen LogP contribution < -0.4 is 0 Å². The van der Waals surface area contributed by atoms with Gasteiger partial charge in [-0.25, -0.2) is 0 Å². The lowest BCUT2D eigenvalue weighted by Gasteiger charge is -2.32. The van der Waals surface area contributed by atoms with Crippen molar-refractivity contribution < 1.29 is 21.6 Å². The van der Waals surface area contributed by atoms with E-state index in [2.05, 4.69) is 19.6 Å². The highest BCUT2D eigenvalue weighted by molar-refractivity contribution is 7.91. The van der Waals surface area contributed by atoms with Gasteiger partial charge in [0.15, 0.2) is 5.71 Å². The van der Waals surface area contributed by atoms with Gasteiger partial charge in [-0.2, -0.15) is 36.2 Å². The number of nitrogens with one attached hydrogen (secondary N) is 1. The van der Waals surface area contributed by atoms with Gasteiger partial charge in [-0.05, 0) is 30.6 Å². The van der Waals surface area contributed by atoms with Gasteiger partial charge in [0.25, 0.3) is 5.96 Å². The van der Waals surface area contributed by atoms with Gasteiger partial charge in [-0.15, -0.1) is 10.2 Å². The van der Waals surface area contributed by atoms with E-state index >= 15 is 0 Å². The smallest absolute Gasteiger partial charge is 0.374 e. The quantitative estimate of drug-likeness (QED) is 0.385. The van der Waals surface area contributed by atoms with E-state index in [0.29, 0.717) is 18.7 Å². The van der Waals surface area contributed by atoms with Crippen molar-refractivity contribution in [2.24, 2.45) is 19.6 Å². The molecule has 0 aromatic carbocycles. The van der Waals surface area contributed by atoms with Gasteiger partial charge in [0.1, 0.15) is 23.2 Å². The van der Waals surface area contributed by atoms with Gasteiger partial charge >= 0.3 is 15.5 Å². The number of guanidine groups is 1. The van der Waals surface area contributed by atoms with Crippen molar-refractivity contribution in [3.05, 3.63) is 29.1 Å². The van der Waals surface area contributed by atoms with Gasteiger partial charge in [0, 0.05) is 32.2 Å². The van der Waals surface area contributed by atoms with Crippen LogP contribution in [0.15, 0.2) is 48.7 Å². The maximum atomic E-state index is 12.9. The van der Waals surface area contributed by atoms with Crippen molar-refractivity contribution in [2.45, 2.75) is 18.3 Å². The van der Waals surface area contributed by atoms with Gasteiger partial charge in [-0.3, -0.25) is 5.41 Å². The van der Waals surface area contributed by atoms with Crippen molar-refractivity contribution in [3.63, 3.8) is 0 Å². The van der Waals surface area contributed by atoms with Crippen LogP contribution in [0.25, 0.3) is 0 Å². The molecule has 3 aliphatic rings. The third-order valence-electron chi connectivity index (χ3n) is 4.58. The molecule has 2 aliphatic heterocycles. The Kier molecular flexibility index (Phi) is 5.66. The highest BCUT2D eigenvalue weighted by Crippen LogP contribution is 2.30. The fourth-order valence-electron chi connectivity index (χ4n) is 3.02. The Balaban J connectivity index is 2.13. The molecule has 1 N–H and O–H groups in total. The molecule has 0 saturated carbocycles. The average Bonchev–Trinajstić information content (AvgIpc) is 3.00. The molecule has 3 rings (SSSR count). The molecule has 0 spiro atoms. The predicted molar refractivity (Wildman–Crippen MR) is 107 cm³/mol. The van der Waals surface area contributed by atoms with Crippen molar-refractivity contribution >= 4 is 39.0 Å². The van der Waals surface area contributed by atoms with E-state index in [1.807, 2.05) is 5.87 Å². The lowest BCUT2D eigenvalue weighted by Crippen LogP contribution is -2.31. The van der Waals surface area contributed by atoms with Crippen LogP contribution in [0.2, 0.25) is 0 Å². The van der Waals surface area contributed by atoms with Gasteiger partial charge in [-0.1, -0.05) is 0 Å². The fourth-order valence-corrected chi connectivity index (χ4v) is 3.53. The Hall–Kier alpha value is -3.56. The molecule has 0 amide bonds. The molecule has 10 nitrogen and oxygen atoms in total. The van der Waals surface area contributed by atoms with Crippen LogP contribution >= 0.6 is 0 Å². The highest BCUT2D eigenvalue weighted by atomic mass is 32.2. The number of allylic oxidation sites excluding steroid dienone is 4. The van der Waals surface area contributed by atoms with E-state index in [1.165, 1.54) is 24.1 Å². The predicted octanol–water partition coefficient (Wildman–Crippen LogP) is 1.58. The summed E-state index contributed by atoms with van der Waals surface area (Å²) in [7, 11) is -2.64. The largest absolute Gasteiger partial charge is 0.518 e. The van der Waals surface area contributed by atoms with E-state index < -0.39 is 21.2 Å². The van der Waals surface area contributed by atoms with Gasteiger partial charge in [0.05, 0.1) is 0 Å². The summed E-state index contributed by atoms with van der Waals surface area (Å²) in [5, 5.41) is 24.0. The van der Waals surface area contributed by atoms with Crippen LogP contribution in [0.1, 0.15) is 12.8 Å². The first-order valence-electron chi connectivity index (χ1n) is 8.72. The maximum absolute atomic E-state index is 12.9. The number of fused-ring (bicyclic) bond motifs is 1. The van der Waals surface area contributed by atoms with Crippen LogP contribution in [0.4, 0.5) is 13.2 Å². The second-order valence-corrected chi connectivity index (χ2v) is 8.21. The molecule has 1 saturated heterocycles. The molecule has 14 heteroatoms. The van der Waals surface area contributed by atoms with Crippen molar-refractivity contribution in [3.8, 4) is 6.07 Å². The third kappa shape index (κ3) is 4.18. The number of alkyl halides is 3. The van der Waals surface area contributed by atoms with Crippen molar-refractivity contribution in [1.82, 2.24) is 9.80 Å². The minimum atomic E-state index is -5.81. The number of likely N-dealkylation sites (tertiary alicyclic amines) is 1. The first kappa shape index (κ1) is 22.1. The van der Waals surface area contributed by atoms with Gasteiger partial charge < -0.3 is 9.80 Å². The van der Waals surface area contributed by atoms with Crippen LogP contribution in [-0.4, -0.2) is 73.3 Å². The van der Waals surface area contributed by atoms with E-state index in [0.717, 1.165) is 12.0 Å². The SMILES string of the molecule is CN1CCCC2=CC(=N\N=C3\N=C(C#N)C(=C=N)N3C)/C(=N\S(=O)(=O)C(F)(F)F)C=C21. The Labute approximate surface area is 175 Å². The lowest BCUT2D eigenvalue weighted by atomic mass is 9.93. The van der Waals surface area contributed by atoms with Crippen LogP contribution in [0, 0.1) is 16.7 Å². The molecule has 0 atom stereocenters. The van der Waals surface area contributed by atoms with E-state index in [1.54, 1.807) is 18.0 Å². The standard InChI is InChI=1S/C17H15F3N8O2S/c1-27-5-3-4-10-6-11(12(7-14(10)27)26-31(29,30)17(18,19)20)24-25-16-23-13(8-21)15(9-22)28(16)2/h6-7,22H,3-5H2,1-2H3/b24-11+,25-16-,26-12-. The van der Waals surface area contributed by atoms with Crippen LogP contribution in [0.3, 0.4) is 0 Å². The Morgan fingerprint density at radius 1 is 1.23 bits per heavy atom. The molecular formula is C17H15F3N8O2S. The maximum Gasteiger partial charge on any atom is 0.518 e. The number of piperidine rings is 1. The minimum absolute atomic E-state index is 0.0353. The monoisotopic (exact) mass is 452 g/mol. The molecule has 162 valence electrons. The van der Waals surface area contributed by atoms with Crippen molar-refractivity contribution in [2.75, 3.05) is 20.6 Å². The number of rotatable bonds is 2. The van der Waals surface area contributed by atoms with Crippen LogP contribution in [-0.2, 0) is 10.0 Å². The molecule has 0 aromatic heterocycles. The third-order valence-corrected chi connectivity index (χ3v) is 5.60. The summed E-state index contributed by atoms with van der Waals surface area (Å²) in [5.74, 6) is 1.92. The summed E-state index contributed by atoms with van der Waals surface area (Å²) < 4.78 is 64.8. The Morgan fingerprint density at radius 2 is 1.94 bits per heavy atom. The molecule has 0 unspecified atom stereocenters. The molecular weight excluding hydrogens is 437 g/mol. The molecule has 1 fully saturated rings. The molecule has 2 heterocycles. The first-order chi connectivity index (χ1) is 14.5. The first-order valence-corrected chi connectivity index (χ1v) is 10.2. The summed E-state index contributed by atoms with van der Waals surface area (Å²) in [6.45, 7) is 0.645.